The van der Waals surface area contributed by atoms with E-state index in [-0.39, 0.29) is 96.1 Å². The molecule has 10 unspecified atom stereocenters. The molecule has 26 rings (SSSR count). The second-order valence-corrected chi connectivity index (χ2v) is 52.2. The Bertz CT molecular complexity index is 4370. The van der Waals surface area contributed by atoms with Gasteiger partial charge in [0.1, 0.15) is 39.2 Å². The van der Waals surface area contributed by atoms with Gasteiger partial charge in [0, 0.05) is 55.2 Å². The summed E-state index contributed by atoms with van der Waals surface area (Å²) in [5.74, 6) is 2.48. The Labute approximate surface area is 816 Å². The largest absolute Gasteiger partial charge is 0.456 e. The molecule has 137 heavy (non-hydrogen) atoms. The molecule has 16 nitrogen and oxygen atoms in total. The molecule has 26 fully saturated rings. The van der Waals surface area contributed by atoms with Crippen LogP contribution in [-0.4, -0.2) is 138 Å². The third-order valence-electron chi connectivity index (χ3n) is 40.0. The standard InChI is InChI=1S/C28H44O4.C22H31F3O3.2C22H34O3.C21H29F3O3/c1-5-24(11-7-8-12-24)31-27-16-22-15-26(18-27,30-23(29)21(3)4)19-28(17-22,20-27)32-25(6-2)13-9-10-14-25;1-14(22(23,24)25)18(26)27-20-9-15-8-16(10-20)12-21(11-15,13-20)28-19(2,3)17-6-4-5-7-17;1-15(2)19(23)24-20-10-17-9-18(11-20)13-21(12-17,14-20)25-22(16(3)4)7-5-6-8-22;1-4-21(7-5-6-8-21)24-15-20-10-17-9-18(11-20)13-22(12-17,14-20)25-19(23)16(2)3;1-3-18(6-4-5-7-18)27-20-11-15-8-16(12-20)10-19(9-15,13-20)26-17(25)14(2)21(22,23)24/h22H,3,5-20H2,1-2,4H3;15-17H,1,4-13H2,2-3H3;16-18H,1,5-14H2,2-4H3;17-18H,2,4-15H2,1,3H3;15-16H,2-13H2,1H3. The number of carbonyl (C=O) groups excluding carboxylic acids is 5. The Hall–Kier alpha value is -4.61. The van der Waals surface area contributed by atoms with Gasteiger partial charge < -0.3 is 52.1 Å². The molecule has 0 N–H and O–H groups in total. The van der Waals surface area contributed by atoms with Crippen molar-refractivity contribution in [3.05, 3.63) is 60.8 Å². The number of hydrogen-bond donors (Lipinski definition) is 0. The summed E-state index contributed by atoms with van der Waals surface area (Å²) in [6, 6.07) is 0. The monoisotopic (exact) mass is 1920 g/mol. The topological polar surface area (TPSA) is 187 Å². The minimum absolute atomic E-state index is 0.00220. The molecule has 10 atom stereocenters. The molecule has 26 aliphatic carbocycles. The number of ether oxygens (including phenoxy) is 11. The van der Waals surface area contributed by atoms with Gasteiger partial charge in [-0.1, -0.05) is 151 Å². The lowest BCUT2D eigenvalue weighted by atomic mass is 9.48. The van der Waals surface area contributed by atoms with E-state index in [9.17, 15) is 50.3 Å². The number of rotatable bonds is 29. The summed E-state index contributed by atoms with van der Waals surface area (Å²) in [6.45, 7) is 41.4. The third kappa shape index (κ3) is 21.7. The smallest absolute Gasteiger partial charge is 0.422 e. The van der Waals surface area contributed by atoms with Gasteiger partial charge in [0.15, 0.2) is 0 Å². The number of alkyl halides is 6. The van der Waals surface area contributed by atoms with Gasteiger partial charge in [-0.05, 0) is 362 Å². The summed E-state index contributed by atoms with van der Waals surface area (Å²) < 4.78 is 149. The van der Waals surface area contributed by atoms with Crippen LogP contribution in [0.15, 0.2) is 60.8 Å². The van der Waals surface area contributed by atoms with Gasteiger partial charge in [0.25, 0.3) is 0 Å². The molecule has 22 heteroatoms. The zero-order valence-electron chi connectivity index (χ0n) is 85.9. The highest BCUT2D eigenvalue weighted by molar-refractivity contribution is 5.90. The molecule has 20 bridgehead atoms. The highest BCUT2D eigenvalue weighted by atomic mass is 19.4. The molecule has 0 saturated heterocycles. The van der Waals surface area contributed by atoms with Crippen LogP contribution in [0.5, 0.6) is 0 Å². The zero-order valence-corrected chi connectivity index (χ0v) is 85.9. The van der Waals surface area contributed by atoms with Gasteiger partial charge >= 0.3 is 42.2 Å². The molecule has 0 radical (unpaired) electrons. The molecule has 0 heterocycles. The van der Waals surface area contributed by atoms with Crippen LogP contribution in [0.3, 0.4) is 0 Å². The van der Waals surface area contributed by atoms with Gasteiger partial charge in [-0.3, -0.25) is 0 Å². The zero-order chi connectivity index (χ0) is 98.1. The van der Waals surface area contributed by atoms with E-state index in [1.54, 1.807) is 20.8 Å². The Morgan fingerprint density at radius 3 is 0.920 bits per heavy atom. The van der Waals surface area contributed by atoms with Crippen LogP contribution < -0.4 is 0 Å². The first-order chi connectivity index (χ1) is 64.3. The molecule has 26 saturated carbocycles. The molecule has 0 aromatic carbocycles. The lowest BCUT2D eigenvalue weighted by molar-refractivity contribution is -0.323. The average Bonchev–Trinajstić information content (AvgIpc) is 1.60. The summed E-state index contributed by atoms with van der Waals surface area (Å²) in [6.07, 6.45) is 52.7. The van der Waals surface area contributed by atoms with Crippen LogP contribution in [0.4, 0.5) is 26.3 Å². The van der Waals surface area contributed by atoms with E-state index >= 15 is 0 Å². The summed E-state index contributed by atoms with van der Waals surface area (Å²) in [5, 5.41) is 0. The first-order valence-corrected chi connectivity index (χ1v) is 55.1. The van der Waals surface area contributed by atoms with Crippen LogP contribution in [0.1, 0.15) is 449 Å². The average molecular weight is 1920 g/mol. The fourth-order valence-electron chi connectivity index (χ4n) is 36.2. The SMILES string of the molecule is C=C(C(=O)OC12CC3CC(C1)CC(OC(C)(C)C1CCCC1)(C3)C2)C(F)(F)F.C=C(C(=O)OC12CC3CC(C1)CC(OC1(CC)CCCC1)(C3)C2)C(F)(F)F.C=C(C)C(=O)OC12CC3CC(C1)CC(OC1(C(C)C)CCCC1)(C3)C2.C=C(C)C(=O)OC12CC3CC(CC(COC4(CC)CCCC4)(C3)C1)C2.C=C(C)C(=O)OC12CC3CC(OC4(CC)CCCC4)(C1)CC(OC1(CC)CCCC1)(C3)C2. The number of esters is 5. The van der Waals surface area contributed by atoms with E-state index in [0.717, 1.165) is 161 Å². The van der Waals surface area contributed by atoms with E-state index in [0.29, 0.717) is 120 Å². The van der Waals surface area contributed by atoms with Crippen molar-refractivity contribution in [1.29, 1.82) is 0 Å². The van der Waals surface area contributed by atoms with Crippen molar-refractivity contribution < 1.29 is 102 Å². The molecule has 0 aromatic heterocycles. The summed E-state index contributed by atoms with van der Waals surface area (Å²) in [4.78, 5) is 61.6. The molecule has 26 aliphatic rings. The quantitative estimate of drug-likeness (QED) is 0.0297. The Kier molecular flexibility index (Phi) is 28.8. The van der Waals surface area contributed by atoms with Crippen molar-refractivity contribution in [2.75, 3.05) is 6.61 Å². The lowest BCUT2D eigenvalue weighted by Gasteiger charge is -2.67. The molecular weight excluding hydrogens is 1750 g/mol. The maximum absolute atomic E-state index is 12.9. The normalized spacial score (nSPS) is 40.2. The van der Waals surface area contributed by atoms with E-state index in [1.165, 1.54) is 180 Å². The highest BCUT2D eigenvalue weighted by Gasteiger charge is 2.72. The van der Waals surface area contributed by atoms with Crippen LogP contribution in [0.25, 0.3) is 0 Å². The fraction of sp³-hybridized carbons (Fsp3) is 0.870. The van der Waals surface area contributed by atoms with Crippen LogP contribution >= 0.6 is 0 Å². The van der Waals surface area contributed by atoms with E-state index in [1.807, 2.05) is 0 Å². The summed E-state index contributed by atoms with van der Waals surface area (Å²) >= 11 is 0. The first kappa shape index (κ1) is 104. The molecule has 0 spiro atoms. The number of halogens is 6. The van der Waals surface area contributed by atoms with Gasteiger partial charge in [0.05, 0.1) is 68.2 Å². The second-order valence-electron chi connectivity index (χ2n) is 52.2. The highest BCUT2D eigenvalue weighted by Crippen LogP contribution is 2.71. The van der Waals surface area contributed by atoms with E-state index in [2.05, 4.69) is 88.3 Å². The predicted octanol–water partition coefficient (Wildman–Crippen LogP) is 28.4. The minimum atomic E-state index is -4.75. The van der Waals surface area contributed by atoms with Crippen molar-refractivity contribution in [1.82, 2.24) is 0 Å². The molecule has 770 valence electrons. The van der Waals surface area contributed by atoms with Crippen molar-refractivity contribution in [2.24, 2.45) is 70.5 Å². The third-order valence-corrected chi connectivity index (χ3v) is 40.0. The predicted molar refractivity (Wildman–Crippen MR) is 514 cm³/mol. The number of carbonyl (C=O) groups is 5. The Balaban J connectivity index is 0.000000119. The van der Waals surface area contributed by atoms with Crippen LogP contribution in [0.2, 0.25) is 0 Å². The maximum atomic E-state index is 12.9. The fourth-order valence-corrected chi connectivity index (χ4v) is 36.2. The summed E-state index contributed by atoms with van der Waals surface area (Å²) in [7, 11) is 0. The van der Waals surface area contributed by atoms with E-state index in [4.69, 9.17) is 52.1 Å². The maximum Gasteiger partial charge on any atom is 0.422 e. The van der Waals surface area contributed by atoms with Crippen molar-refractivity contribution in [3.8, 4) is 0 Å². The minimum Gasteiger partial charge on any atom is -0.456 e. The van der Waals surface area contributed by atoms with Crippen molar-refractivity contribution >= 4 is 29.8 Å². The van der Waals surface area contributed by atoms with Gasteiger partial charge in [-0.2, -0.15) is 26.3 Å². The van der Waals surface area contributed by atoms with Crippen LogP contribution in [0, 0.1) is 70.5 Å². The Morgan fingerprint density at radius 1 is 0.314 bits per heavy atom. The molecule has 0 amide bonds. The van der Waals surface area contributed by atoms with Crippen LogP contribution in [-0.2, 0) is 76.1 Å². The first-order valence-electron chi connectivity index (χ1n) is 55.1. The second kappa shape index (κ2) is 38.0. The van der Waals surface area contributed by atoms with Gasteiger partial charge in [-0.15, -0.1) is 0 Å². The number of hydrogen-bond acceptors (Lipinski definition) is 16. The van der Waals surface area contributed by atoms with Gasteiger partial charge in [-0.25, -0.2) is 24.0 Å². The molecule has 0 aliphatic heterocycles. The van der Waals surface area contributed by atoms with Gasteiger partial charge in [0.2, 0.25) is 0 Å². The molecular formula is C115H172F6O16. The van der Waals surface area contributed by atoms with Crippen molar-refractivity contribution in [2.45, 2.75) is 551 Å². The Morgan fingerprint density at radius 2 is 0.577 bits per heavy atom. The molecule has 0 aromatic rings. The lowest BCUT2D eigenvalue weighted by Crippen LogP contribution is -2.70. The van der Waals surface area contributed by atoms with Crippen molar-refractivity contribution in [3.63, 3.8) is 0 Å². The van der Waals surface area contributed by atoms with E-state index < -0.39 is 52.2 Å². The summed E-state index contributed by atoms with van der Waals surface area (Å²) in [5.41, 5.74) is -5.10.